The van der Waals surface area contributed by atoms with Gasteiger partial charge in [-0.2, -0.15) is 0 Å². The molecule has 0 unspecified atom stereocenters. The monoisotopic (exact) mass is 308 g/mol. The molecule has 0 amide bonds. The van der Waals surface area contributed by atoms with Gasteiger partial charge in [0.25, 0.3) is 0 Å². The first-order valence-electron chi connectivity index (χ1n) is 5.54. The van der Waals surface area contributed by atoms with Crippen molar-refractivity contribution in [3.63, 3.8) is 0 Å². The topological polar surface area (TPSA) is 26.3 Å². The predicted molar refractivity (Wildman–Crippen MR) is 76.1 cm³/mol. The highest BCUT2D eigenvalue weighted by Gasteiger charge is 2.26. The third-order valence-electron chi connectivity index (χ3n) is 2.75. The quantitative estimate of drug-likeness (QED) is 0.718. The lowest BCUT2D eigenvalue weighted by atomic mass is 9.86. The SMILES string of the molecule is CC(C)(CCOc1ccc(Cl)cc1Cl)C(=O)CCl. The van der Waals surface area contributed by atoms with Gasteiger partial charge >= 0.3 is 0 Å². The van der Waals surface area contributed by atoms with Crippen LogP contribution in [0.3, 0.4) is 0 Å². The molecule has 18 heavy (non-hydrogen) atoms. The van der Waals surface area contributed by atoms with E-state index in [1.165, 1.54) is 0 Å². The molecule has 0 saturated heterocycles. The number of carbonyl (C=O) groups excluding carboxylic acids is 1. The van der Waals surface area contributed by atoms with Crippen LogP contribution in [0.5, 0.6) is 5.75 Å². The van der Waals surface area contributed by atoms with Crippen LogP contribution >= 0.6 is 34.8 Å². The van der Waals surface area contributed by atoms with Gasteiger partial charge in [-0.1, -0.05) is 37.0 Å². The second kappa shape index (κ2) is 6.65. The predicted octanol–water partition coefficient (Wildman–Crippen LogP) is 4.60. The van der Waals surface area contributed by atoms with Crippen LogP contribution in [-0.4, -0.2) is 18.3 Å². The molecule has 0 N–H and O–H groups in total. The van der Waals surface area contributed by atoms with Gasteiger partial charge in [0.2, 0.25) is 0 Å². The Bertz CT molecular complexity index is 430. The Hall–Kier alpha value is -0.440. The fourth-order valence-electron chi connectivity index (χ4n) is 1.33. The number of benzene rings is 1. The van der Waals surface area contributed by atoms with Gasteiger partial charge in [0.15, 0.2) is 5.78 Å². The van der Waals surface area contributed by atoms with Crippen LogP contribution in [0, 0.1) is 5.41 Å². The summed E-state index contributed by atoms with van der Waals surface area (Å²) in [5.41, 5.74) is -0.485. The zero-order valence-electron chi connectivity index (χ0n) is 10.3. The second-order valence-electron chi connectivity index (χ2n) is 4.61. The van der Waals surface area contributed by atoms with Crippen molar-refractivity contribution < 1.29 is 9.53 Å². The first-order valence-corrected chi connectivity index (χ1v) is 6.83. The number of ether oxygens (including phenoxy) is 1. The van der Waals surface area contributed by atoms with Crippen molar-refractivity contribution in [1.82, 2.24) is 0 Å². The average molecular weight is 310 g/mol. The maximum atomic E-state index is 11.6. The van der Waals surface area contributed by atoms with Gasteiger partial charge in [-0.05, 0) is 24.6 Å². The number of halogens is 3. The normalized spacial score (nSPS) is 11.4. The van der Waals surface area contributed by atoms with Gasteiger partial charge < -0.3 is 4.74 Å². The summed E-state index contributed by atoms with van der Waals surface area (Å²) in [4.78, 5) is 11.6. The van der Waals surface area contributed by atoms with Gasteiger partial charge in [-0.3, -0.25) is 4.79 Å². The van der Waals surface area contributed by atoms with Crippen LogP contribution in [0.1, 0.15) is 20.3 Å². The molecule has 0 aliphatic heterocycles. The standard InChI is InChI=1S/C13H15Cl3O2/c1-13(2,12(17)8-14)5-6-18-11-4-3-9(15)7-10(11)16/h3-4,7H,5-6,8H2,1-2H3. The number of alkyl halides is 1. The molecule has 0 radical (unpaired) electrons. The van der Waals surface area contributed by atoms with Crippen molar-refractivity contribution in [3.05, 3.63) is 28.2 Å². The smallest absolute Gasteiger partial charge is 0.153 e. The summed E-state index contributed by atoms with van der Waals surface area (Å²) in [5, 5.41) is 1.02. The number of hydrogen-bond acceptors (Lipinski definition) is 2. The van der Waals surface area contributed by atoms with Crippen molar-refractivity contribution in [2.45, 2.75) is 20.3 Å². The third-order valence-corrected chi connectivity index (χ3v) is 3.53. The summed E-state index contributed by atoms with van der Waals surface area (Å²) in [7, 11) is 0. The maximum Gasteiger partial charge on any atom is 0.153 e. The molecule has 1 rings (SSSR count). The van der Waals surface area contributed by atoms with Crippen molar-refractivity contribution in [1.29, 1.82) is 0 Å². The van der Waals surface area contributed by atoms with Gasteiger partial charge in [-0.25, -0.2) is 0 Å². The van der Waals surface area contributed by atoms with Crippen LogP contribution < -0.4 is 4.74 Å². The molecule has 0 bridgehead atoms. The van der Waals surface area contributed by atoms with E-state index in [4.69, 9.17) is 39.5 Å². The van der Waals surface area contributed by atoms with Crippen LogP contribution in [0.2, 0.25) is 10.0 Å². The molecule has 2 nitrogen and oxygen atoms in total. The van der Waals surface area contributed by atoms with E-state index in [2.05, 4.69) is 0 Å². The van der Waals surface area contributed by atoms with Crippen LogP contribution in [-0.2, 0) is 4.79 Å². The fraction of sp³-hybridized carbons (Fsp3) is 0.462. The Morgan fingerprint density at radius 1 is 1.33 bits per heavy atom. The van der Waals surface area contributed by atoms with E-state index in [9.17, 15) is 4.79 Å². The summed E-state index contributed by atoms with van der Waals surface area (Å²) in [5.74, 6) is 0.597. The second-order valence-corrected chi connectivity index (χ2v) is 5.72. The molecule has 0 saturated carbocycles. The first-order chi connectivity index (χ1) is 8.36. The molecule has 0 atom stereocenters. The Balaban J connectivity index is 2.54. The summed E-state index contributed by atoms with van der Waals surface area (Å²) < 4.78 is 5.54. The minimum Gasteiger partial charge on any atom is -0.492 e. The van der Waals surface area contributed by atoms with Crippen molar-refractivity contribution in [3.8, 4) is 5.75 Å². The highest BCUT2D eigenvalue weighted by molar-refractivity contribution is 6.35. The number of hydrogen-bond donors (Lipinski definition) is 0. The Morgan fingerprint density at radius 2 is 2.00 bits per heavy atom. The maximum absolute atomic E-state index is 11.6. The lowest BCUT2D eigenvalue weighted by molar-refractivity contribution is -0.125. The summed E-state index contributed by atoms with van der Waals surface area (Å²) >= 11 is 17.3. The molecule has 0 fully saturated rings. The number of Topliss-reactive ketones (excluding diaryl/α,β-unsaturated/α-hetero) is 1. The molecule has 100 valence electrons. The zero-order chi connectivity index (χ0) is 13.8. The van der Waals surface area contributed by atoms with Crippen molar-refractivity contribution >= 4 is 40.6 Å². The summed E-state index contributed by atoms with van der Waals surface area (Å²) in [6, 6.07) is 5.03. The highest BCUT2D eigenvalue weighted by Crippen LogP contribution is 2.29. The van der Waals surface area contributed by atoms with Gasteiger partial charge in [0.05, 0.1) is 17.5 Å². The molecule has 5 heteroatoms. The van der Waals surface area contributed by atoms with Gasteiger partial charge in [-0.15, -0.1) is 11.6 Å². The van der Waals surface area contributed by atoms with Crippen molar-refractivity contribution in [2.75, 3.05) is 12.5 Å². The highest BCUT2D eigenvalue weighted by atomic mass is 35.5. The Labute approximate surface area is 122 Å². The largest absolute Gasteiger partial charge is 0.492 e. The van der Waals surface area contributed by atoms with E-state index in [0.717, 1.165) is 0 Å². The van der Waals surface area contributed by atoms with E-state index in [0.29, 0.717) is 28.8 Å². The van der Waals surface area contributed by atoms with Gasteiger partial charge in [0, 0.05) is 10.4 Å². The van der Waals surface area contributed by atoms with Crippen LogP contribution in [0.25, 0.3) is 0 Å². The van der Waals surface area contributed by atoms with Crippen LogP contribution in [0.15, 0.2) is 18.2 Å². The molecular weight excluding hydrogens is 294 g/mol. The van der Waals surface area contributed by atoms with Crippen LogP contribution in [0.4, 0.5) is 0 Å². The zero-order valence-corrected chi connectivity index (χ0v) is 12.6. The molecule has 0 aliphatic carbocycles. The minimum absolute atomic E-state index is 0.00923. The number of rotatable bonds is 6. The minimum atomic E-state index is -0.485. The van der Waals surface area contributed by atoms with E-state index < -0.39 is 5.41 Å². The molecule has 1 aromatic carbocycles. The molecule has 0 spiro atoms. The molecule has 0 heterocycles. The lowest BCUT2D eigenvalue weighted by Crippen LogP contribution is -2.27. The van der Waals surface area contributed by atoms with E-state index in [-0.39, 0.29) is 11.7 Å². The average Bonchev–Trinajstić information content (AvgIpc) is 2.30. The van der Waals surface area contributed by atoms with E-state index in [1.807, 2.05) is 13.8 Å². The van der Waals surface area contributed by atoms with E-state index in [1.54, 1.807) is 18.2 Å². The first kappa shape index (κ1) is 15.6. The Morgan fingerprint density at radius 3 is 2.56 bits per heavy atom. The molecule has 1 aromatic rings. The molecule has 0 aromatic heterocycles. The summed E-state index contributed by atoms with van der Waals surface area (Å²) in [6.45, 7) is 4.10. The number of carbonyl (C=O) groups is 1. The fourth-order valence-corrected chi connectivity index (χ4v) is 2.15. The molecule has 0 aliphatic rings. The Kier molecular flexibility index (Phi) is 5.77. The van der Waals surface area contributed by atoms with E-state index >= 15 is 0 Å². The van der Waals surface area contributed by atoms with Gasteiger partial charge in [0.1, 0.15) is 5.75 Å². The number of ketones is 1. The van der Waals surface area contributed by atoms with Crippen molar-refractivity contribution in [2.24, 2.45) is 5.41 Å². The summed E-state index contributed by atoms with van der Waals surface area (Å²) in [6.07, 6.45) is 0.581. The lowest BCUT2D eigenvalue weighted by Gasteiger charge is -2.22. The third kappa shape index (κ3) is 4.34. The molecular formula is C13H15Cl3O2.